The Hall–Kier alpha value is -2.08. The van der Waals surface area contributed by atoms with E-state index in [4.69, 9.17) is 4.74 Å². The van der Waals surface area contributed by atoms with E-state index in [0.717, 1.165) is 41.9 Å². The lowest BCUT2D eigenvalue weighted by molar-refractivity contribution is 0.414. The normalized spacial score (nSPS) is 11.4. The van der Waals surface area contributed by atoms with Gasteiger partial charge in [-0.2, -0.15) is 0 Å². The fourth-order valence-electron chi connectivity index (χ4n) is 2.25. The Kier molecular flexibility index (Phi) is 6.40. The molecule has 6 heteroatoms. The third-order valence-corrected chi connectivity index (χ3v) is 4.62. The van der Waals surface area contributed by atoms with Crippen molar-refractivity contribution in [1.82, 2.24) is 15.6 Å². The topological polar surface area (TPSA) is 58.5 Å². The zero-order valence-electron chi connectivity index (χ0n) is 14.1. The second-order valence-electron chi connectivity index (χ2n) is 5.19. The molecule has 0 saturated heterocycles. The fraction of sp³-hybridized carbons (Fsp3) is 0.412. The second kappa shape index (κ2) is 8.53. The van der Waals surface area contributed by atoms with Gasteiger partial charge in [-0.05, 0) is 31.5 Å². The van der Waals surface area contributed by atoms with E-state index in [0.29, 0.717) is 0 Å². The lowest BCUT2D eigenvalue weighted by atomic mass is 10.2. The highest BCUT2D eigenvalue weighted by atomic mass is 32.1. The van der Waals surface area contributed by atoms with Crippen LogP contribution < -0.4 is 15.4 Å². The smallest absolute Gasteiger partial charge is 0.191 e. The first kappa shape index (κ1) is 17.3. The summed E-state index contributed by atoms with van der Waals surface area (Å²) in [7, 11) is 3.46. The van der Waals surface area contributed by atoms with E-state index in [1.165, 1.54) is 10.4 Å². The van der Waals surface area contributed by atoms with Gasteiger partial charge in [-0.3, -0.25) is 4.99 Å². The summed E-state index contributed by atoms with van der Waals surface area (Å²) in [6.07, 6.45) is 0.959. The fourth-order valence-corrected chi connectivity index (χ4v) is 3.19. The second-order valence-corrected chi connectivity index (χ2v) is 6.48. The Labute approximate surface area is 141 Å². The highest BCUT2D eigenvalue weighted by Crippen LogP contribution is 2.17. The number of thiazole rings is 1. The van der Waals surface area contributed by atoms with Crippen LogP contribution in [0.5, 0.6) is 5.75 Å². The number of aromatic nitrogens is 1. The van der Waals surface area contributed by atoms with E-state index in [2.05, 4.69) is 27.5 Å². The number of hydrogen-bond donors (Lipinski definition) is 2. The van der Waals surface area contributed by atoms with Crippen molar-refractivity contribution in [3.8, 4) is 5.75 Å². The SMILES string of the molecule is CN=C(NCCc1sc(C)nc1C)NCc1ccc(OC)cc1. The van der Waals surface area contributed by atoms with Crippen LogP contribution in [0.4, 0.5) is 0 Å². The maximum absolute atomic E-state index is 5.16. The van der Waals surface area contributed by atoms with Gasteiger partial charge in [0.1, 0.15) is 5.75 Å². The lowest BCUT2D eigenvalue weighted by Crippen LogP contribution is -2.37. The molecular formula is C17H24N4OS. The molecule has 5 nitrogen and oxygen atoms in total. The average molecular weight is 332 g/mol. The Bertz CT molecular complexity index is 649. The number of hydrogen-bond acceptors (Lipinski definition) is 4. The van der Waals surface area contributed by atoms with Crippen LogP contribution in [0.15, 0.2) is 29.3 Å². The summed E-state index contributed by atoms with van der Waals surface area (Å²) in [6, 6.07) is 8.01. The highest BCUT2D eigenvalue weighted by molar-refractivity contribution is 7.11. The van der Waals surface area contributed by atoms with E-state index in [1.807, 2.05) is 31.2 Å². The van der Waals surface area contributed by atoms with Gasteiger partial charge >= 0.3 is 0 Å². The number of nitrogens with one attached hydrogen (secondary N) is 2. The van der Waals surface area contributed by atoms with Gasteiger partial charge in [-0.15, -0.1) is 11.3 Å². The molecule has 0 aliphatic carbocycles. The van der Waals surface area contributed by atoms with E-state index in [9.17, 15) is 0 Å². The molecule has 0 aliphatic rings. The van der Waals surface area contributed by atoms with Gasteiger partial charge in [0.05, 0.1) is 17.8 Å². The van der Waals surface area contributed by atoms with Crippen molar-refractivity contribution in [1.29, 1.82) is 0 Å². The minimum atomic E-state index is 0.725. The van der Waals surface area contributed by atoms with Crippen LogP contribution >= 0.6 is 11.3 Å². The predicted octanol–water partition coefficient (Wildman–Crippen LogP) is 2.68. The molecule has 0 radical (unpaired) electrons. The van der Waals surface area contributed by atoms with Gasteiger partial charge in [0.15, 0.2) is 5.96 Å². The van der Waals surface area contributed by atoms with Gasteiger partial charge in [-0.25, -0.2) is 4.98 Å². The molecule has 0 atom stereocenters. The zero-order valence-corrected chi connectivity index (χ0v) is 15.0. The number of ether oxygens (including phenoxy) is 1. The van der Waals surface area contributed by atoms with Crippen molar-refractivity contribution in [3.63, 3.8) is 0 Å². The zero-order chi connectivity index (χ0) is 16.7. The van der Waals surface area contributed by atoms with Crippen molar-refractivity contribution in [2.45, 2.75) is 26.8 Å². The van der Waals surface area contributed by atoms with Crippen LogP contribution in [0.1, 0.15) is 21.1 Å². The summed E-state index contributed by atoms with van der Waals surface area (Å²) in [5, 5.41) is 7.78. The molecule has 1 aromatic heterocycles. The summed E-state index contributed by atoms with van der Waals surface area (Å²) >= 11 is 1.76. The Balaban J connectivity index is 1.77. The summed E-state index contributed by atoms with van der Waals surface area (Å²) < 4.78 is 5.16. The highest BCUT2D eigenvalue weighted by Gasteiger charge is 2.05. The predicted molar refractivity (Wildman–Crippen MR) is 96.5 cm³/mol. The molecule has 2 N–H and O–H groups in total. The molecule has 0 amide bonds. The Morgan fingerprint density at radius 2 is 1.96 bits per heavy atom. The quantitative estimate of drug-likeness (QED) is 0.631. The van der Waals surface area contributed by atoms with Gasteiger partial charge in [0.25, 0.3) is 0 Å². The van der Waals surface area contributed by atoms with Crippen LogP contribution in [-0.2, 0) is 13.0 Å². The molecule has 1 aromatic carbocycles. The number of nitrogens with zero attached hydrogens (tertiary/aromatic N) is 2. The number of aliphatic imine (C=N–C) groups is 1. The monoisotopic (exact) mass is 332 g/mol. The van der Waals surface area contributed by atoms with Crippen LogP contribution in [0.3, 0.4) is 0 Å². The van der Waals surface area contributed by atoms with Crippen LogP contribution in [0.2, 0.25) is 0 Å². The maximum Gasteiger partial charge on any atom is 0.191 e. The van der Waals surface area contributed by atoms with Crippen molar-refractivity contribution >= 4 is 17.3 Å². The summed E-state index contributed by atoms with van der Waals surface area (Å²) in [6.45, 7) is 5.67. The van der Waals surface area contributed by atoms with E-state index in [1.54, 1.807) is 25.5 Å². The standard InChI is InChI=1S/C17H24N4OS/c1-12-16(23-13(2)21-12)9-10-19-17(18-3)20-11-14-5-7-15(22-4)8-6-14/h5-8H,9-11H2,1-4H3,(H2,18,19,20). The molecule has 1 heterocycles. The third kappa shape index (κ3) is 5.25. The number of methoxy groups -OCH3 is 1. The number of aryl methyl sites for hydroxylation is 2. The molecule has 124 valence electrons. The molecule has 0 aliphatic heterocycles. The molecule has 0 unspecified atom stereocenters. The Morgan fingerprint density at radius 1 is 1.22 bits per heavy atom. The van der Waals surface area contributed by atoms with Crippen molar-refractivity contribution in [3.05, 3.63) is 45.4 Å². The third-order valence-electron chi connectivity index (χ3n) is 3.49. The van der Waals surface area contributed by atoms with Crippen molar-refractivity contribution < 1.29 is 4.74 Å². The Morgan fingerprint density at radius 3 is 2.52 bits per heavy atom. The van der Waals surface area contributed by atoms with Gasteiger partial charge in [0.2, 0.25) is 0 Å². The molecule has 0 fully saturated rings. The van der Waals surface area contributed by atoms with Crippen molar-refractivity contribution in [2.75, 3.05) is 20.7 Å². The molecule has 0 saturated carbocycles. The molecular weight excluding hydrogens is 308 g/mol. The first-order valence-corrected chi connectivity index (χ1v) is 8.44. The molecule has 23 heavy (non-hydrogen) atoms. The van der Waals surface area contributed by atoms with Crippen LogP contribution in [-0.4, -0.2) is 31.6 Å². The van der Waals surface area contributed by atoms with Crippen molar-refractivity contribution in [2.24, 2.45) is 4.99 Å². The van der Waals surface area contributed by atoms with Gasteiger partial charge in [-0.1, -0.05) is 12.1 Å². The summed E-state index contributed by atoms with van der Waals surface area (Å²) in [5.41, 5.74) is 2.32. The summed E-state index contributed by atoms with van der Waals surface area (Å²) in [4.78, 5) is 10.0. The first-order valence-electron chi connectivity index (χ1n) is 7.62. The molecule has 0 bridgehead atoms. The lowest BCUT2D eigenvalue weighted by Gasteiger charge is -2.12. The van der Waals surface area contributed by atoms with Gasteiger partial charge in [0, 0.05) is 31.4 Å². The maximum atomic E-state index is 5.16. The minimum Gasteiger partial charge on any atom is -0.497 e. The van der Waals surface area contributed by atoms with Crippen LogP contribution in [0, 0.1) is 13.8 Å². The van der Waals surface area contributed by atoms with E-state index >= 15 is 0 Å². The number of rotatable bonds is 6. The number of benzene rings is 1. The van der Waals surface area contributed by atoms with E-state index in [-0.39, 0.29) is 0 Å². The first-order chi connectivity index (χ1) is 11.1. The average Bonchev–Trinajstić information content (AvgIpc) is 2.88. The molecule has 2 aromatic rings. The summed E-state index contributed by atoms with van der Waals surface area (Å²) in [5.74, 6) is 1.67. The van der Waals surface area contributed by atoms with Crippen LogP contribution in [0.25, 0.3) is 0 Å². The van der Waals surface area contributed by atoms with Gasteiger partial charge < -0.3 is 15.4 Å². The minimum absolute atomic E-state index is 0.725. The number of guanidine groups is 1. The van der Waals surface area contributed by atoms with E-state index < -0.39 is 0 Å². The largest absolute Gasteiger partial charge is 0.497 e. The molecule has 2 rings (SSSR count). The molecule has 0 spiro atoms.